The minimum Gasteiger partial charge on any atom is -0.485 e. The number of allylic oxidation sites excluding steroid dienone is 5. The Morgan fingerprint density at radius 2 is 1.14 bits per heavy atom. The predicted octanol–water partition coefficient (Wildman–Crippen LogP) is 5.66. The highest BCUT2D eigenvalue weighted by molar-refractivity contribution is 7.86. The SMILES string of the molecule is COCCOCCOCCOCCOCCOCCN(CCOCCOCCOCCOCCOCCOC)c1ccc2c(c1)OC(C(C)(C)C)C=C2/C=C/C=C1\N(CCCS(=O)(=O)O)c2ccc(S(=O)(=O)O)cc2C1(C)CCCC(=O)ON1C(=O)CCC1=O. The molecule has 2 N–H and O–H groups in total. The van der Waals surface area contributed by atoms with E-state index >= 15 is 0 Å². The zero-order valence-electron chi connectivity index (χ0n) is 53.1. The number of fused-ring (bicyclic) bond motifs is 2. The van der Waals surface area contributed by atoms with Crippen LogP contribution in [0.15, 0.2) is 71.3 Å². The van der Waals surface area contributed by atoms with Gasteiger partial charge in [-0.05, 0) is 79.8 Å². The summed E-state index contributed by atoms with van der Waals surface area (Å²) in [6, 6.07) is 10.1. The molecule has 2 aromatic carbocycles. The number of benzene rings is 2. The first kappa shape index (κ1) is 75.7. The van der Waals surface area contributed by atoms with E-state index in [4.69, 9.17) is 66.4 Å². The summed E-state index contributed by atoms with van der Waals surface area (Å²) in [5, 5.41) is 0.475. The Labute approximate surface area is 530 Å². The molecule has 2 amide bonds. The average molecular weight is 1310 g/mol. The van der Waals surface area contributed by atoms with Crippen LogP contribution in [0.4, 0.5) is 11.4 Å². The number of hydroxylamine groups is 2. The first-order chi connectivity index (χ1) is 43.2. The summed E-state index contributed by atoms with van der Waals surface area (Å²) in [6.45, 7) is 18.9. The summed E-state index contributed by atoms with van der Waals surface area (Å²) in [6.07, 6.45) is 7.17. The van der Waals surface area contributed by atoms with E-state index < -0.39 is 49.2 Å². The Kier molecular flexibility index (Phi) is 33.8. The molecule has 3 heterocycles. The standard InChI is InChI=1S/C62H95N3O23S2/c1-61(2,3)57-46-49(10-7-11-56-62(4,19-8-12-60(68)88-65-58(66)17-18-59(65)67)53-48-51(90(72,73)74)14-16-54(53)64(56)20-9-45-89(69,70)71)52-15-13-50(47-55(52)87-57)63(21-23-77-29-31-81-37-39-85-43-41-83-35-33-79-27-25-75-5)22-24-78-30-32-82-38-40-86-44-42-84-36-34-80-28-26-76-6/h7,10-11,13-16,46-48,57H,8-9,12,17-45H2,1-6H3,(H,69,70,71)(H,72,73,74)/b10-7+,56-11-. The Morgan fingerprint density at radius 1 is 0.667 bits per heavy atom. The lowest BCUT2D eigenvalue weighted by molar-refractivity contribution is -0.197. The van der Waals surface area contributed by atoms with E-state index in [-0.39, 0.29) is 61.5 Å². The molecule has 26 nitrogen and oxygen atoms in total. The summed E-state index contributed by atoms with van der Waals surface area (Å²) in [5.74, 6) is -2.00. The van der Waals surface area contributed by atoms with Crippen molar-refractivity contribution >= 4 is 55.0 Å². The van der Waals surface area contributed by atoms with Crippen molar-refractivity contribution in [2.75, 3.05) is 195 Å². The lowest BCUT2D eigenvalue weighted by atomic mass is 9.77. The van der Waals surface area contributed by atoms with E-state index in [0.717, 1.165) is 16.8 Å². The van der Waals surface area contributed by atoms with Gasteiger partial charge < -0.3 is 76.2 Å². The number of hydrogen-bond donors (Lipinski definition) is 2. The molecule has 508 valence electrons. The van der Waals surface area contributed by atoms with Gasteiger partial charge in [0, 0.05) is 92.6 Å². The Hall–Kier alpha value is -4.99. The smallest absolute Gasteiger partial charge is 0.333 e. The number of carbonyl (C=O) groups excluding carboxylic acids is 3. The molecule has 0 aliphatic carbocycles. The van der Waals surface area contributed by atoms with Gasteiger partial charge in [0.25, 0.3) is 32.1 Å². The zero-order valence-corrected chi connectivity index (χ0v) is 54.7. The van der Waals surface area contributed by atoms with E-state index in [1.165, 1.54) is 18.2 Å². The molecule has 3 aliphatic rings. The lowest BCUT2D eigenvalue weighted by Gasteiger charge is -2.34. The Bertz CT molecular complexity index is 2770. The number of hydrogen-bond acceptors (Lipinski definition) is 23. The molecule has 5 rings (SSSR count). The van der Waals surface area contributed by atoms with Crippen molar-refractivity contribution in [3.63, 3.8) is 0 Å². The van der Waals surface area contributed by atoms with Gasteiger partial charge in [-0.2, -0.15) is 16.8 Å². The molecule has 1 fully saturated rings. The lowest BCUT2D eigenvalue weighted by Crippen LogP contribution is -2.33. The fourth-order valence-corrected chi connectivity index (χ4v) is 10.7. The van der Waals surface area contributed by atoms with E-state index in [1.807, 2.05) is 54.3 Å². The van der Waals surface area contributed by atoms with Crippen molar-refractivity contribution in [2.24, 2.45) is 5.41 Å². The monoisotopic (exact) mass is 1310 g/mol. The third-order valence-corrected chi connectivity index (χ3v) is 16.2. The highest BCUT2D eigenvalue weighted by Crippen LogP contribution is 2.52. The third-order valence-electron chi connectivity index (χ3n) is 14.5. The van der Waals surface area contributed by atoms with Crippen LogP contribution in [0, 0.1) is 5.41 Å². The van der Waals surface area contributed by atoms with Gasteiger partial charge in [0.2, 0.25) is 0 Å². The maximum absolute atomic E-state index is 13.0. The molecule has 90 heavy (non-hydrogen) atoms. The second-order valence-corrected chi connectivity index (χ2v) is 25.4. The first-order valence-electron chi connectivity index (χ1n) is 30.5. The molecule has 0 bridgehead atoms. The minimum absolute atomic E-state index is 0.0217. The number of nitrogens with zero attached hydrogens (tertiary/aromatic N) is 3. The highest BCUT2D eigenvalue weighted by atomic mass is 32.2. The maximum atomic E-state index is 13.0. The molecular weight excluding hydrogens is 1220 g/mol. The largest absolute Gasteiger partial charge is 0.485 e. The summed E-state index contributed by atoms with van der Waals surface area (Å²) in [7, 11) is -5.81. The van der Waals surface area contributed by atoms with Crippen molar-refractivity contribution in [1.29, 1.82) is 0 Å². The summed E-state index contributed by atoms with van der Waals surface area (Å²) >= 11 is 0. The zero-order chi connectivity index (χ0) is 65.3. The molecule has 0 aromatic heterocycles. The fourth-order valence-electron chi connectivity index (χ4n) is 9.74. The van der Waals surface area contributed by atoms with Gasteiger partial charge in [-0.15, -0.1) is 5.06 Å². The van der Waals surface area contributed by atoms with Gasteiger partial charge in [0.05, 0.1) is 156 Å². The van der Waals surface area contributed by atoms with Crippen LogP contribution in [-0.2, 0) is 102 Å². The predicted molar refractivity (Wildman–Crippen MR) is 333 cm³/mol. The van der Waals surface area contributed by atoms with Crippen LogP contribution in [-0.4, -0.2) is 240 Å². The quantitative estimate of drug-likeness (QED) is 0.0458. The van der Waals surface area contributed by atoms with Gasteiger partial charge in [-0.3, -0.25) is 18.7 Å². The van der Waals surface area contributed by atoms with Crippen molar-refractivity contribution in [1.82, 2.24) is 5.06 Å². The average Bonchev–Trinajstić information content (AvgIpc) is 1.57. The van der Waals surface area contributed by atoms with Gasteiger partial charge in [-0.25, -0.2) is 4.79 Å². The van der Waals surface area contributed by atoms with E-state index in [1.54, 1.807) is 14.2 Å². The molecule has 0 radical (unpaired) electrons. The fraction of sp³-hybridized carbons (Fsp3) is 0.661. The van der Waals surface area contributed by atoms with Crippen molar-refractivity contribution in [3.8, 4) is 5.75 Å². The van der Waals surface area contributed by atoms with Crippen LogP contribution in [0.2, 0.25) is 0 Å². The van der Waals surface area contributed by atoms with Crippen LogP contribution in [0.3, 0.4) is 0 Å². The number of methoxy groups -OCH3 is 2. The second-order valence-electron chi connectivity index (χ2n) is 22.4. The van der Waals surface area contributed by atoms with Crippen LogP contribution in [0.5, 0.6) is 5.75 Å². The maximum Gasteiger partial charge on any atom is 0.333 e. The van der Waals surface area contributed by atoms with Gasteiger partial charge in [-0.1, -0.05) is 32.9 Å². The molecule has 2 atom stereocenters. The molecule has 0 spiro atoms. The molecule has 3 aliphatic heterocycles. The van der Waals surface area contributed by atoms with Crippen molar-refractivity contribution < 1.29 is 107 Å². The topological polar surface area (TPSA) is 299 Å². The molecule has 2 unspecified atom stereocenters. The highest BCUT2D eigenvalue weighted by Gasteiger charge is 2.44. The Balaban J connectivity index is 1.30. The number of ether oxygens (including phenoxy) is 13. The minimum atomic E-state index is -4.70. The summed E-state index contributed by atoms with van der Waals surface area (Å²) < 4.78 is 142. The van der Waals surface area contributed by atoms with Gasteiger partial charge in [0.15, 0.2) is 0 Å². The van der Waals surface area contributed by atoms with E-state index in [9.17, 15) is 40.3 Å². The molecule has 1 saturated heterocycles. The Morgan fingerprint density at radius 3 is 1.60 bits per heavy atom. The second kappa shape index (κ2) is 40.2. The number of carbonyl (C=O) groups is 3. The third kappa shape index (κ3) is 26.9. The van der Waals surface area contributed by atoms with Crippen LogP contribution >= 0.6 is 0 Å². The van der Waals surface area contributed by atoms with Gasteiger partial charge in [0.1, 0.15) is 11.9 Å². The van der Waals surface area contributed by atoms with E-state index in [2.05, 4.69) is 25.7 Å². The molecule has 0 saturated carbocycles. The molecular formula is C62H95N3O23S2. The molecule has 28 heteroatoms. The van der Waals surface area contributed by atoms with Crippen LogP contribution in [0.1, 0.15) is 77.3 Å². The number of rotatable bonds is 49. The summed E-state index contributed by atoms with van der Waals surface area (Å²) in [5.41, 5.74) is 2.60. The summed E-state index contributed by atoms with van der Waals surface area (Å²) in [4.78, 5) is 46.2. The number of imide groups is 1. The van der Waals surface area contributed by atoms with Crippen LogP contribution in [0.25, 0.3) is 5.57 Å². The number of anilines is 2. The van der Waals surface area contributed by atoms with Gasteiger partial charge >= 0.3 is 5.97 Å². The normalized spacial score (nSPS) is 17.4. The van der Waals surface area contributed by atoms with Crippen molar-refractivity contribution in [2.45, 2.75) is 82.6 Å². The van der Waals surface area contributed by atoms with Crippen molar-refractivity contribution in [3.05, 3.63) is 77.5 Å². The molecule has 2 aromatic rings. The van der Waals surface area contributed by atoms with Crippen LogP contribution < -0.4 is 14.5 Å². The van der Waals surface area contributed by atoms with E-state index in [0.29, 0.717) is 186 Å². The number of amides is 2. The first-order valence-corrected chi connectivity index (χ1v) is 33.5.